The van der Waals surface area contributed by atoms with Gasteiger partial charge < -0.3 is 9.84 Å². The minimum Gasteiger partial charge on any atom is -0.504 e. The fourth-order valence-electron chi connectivity index (χ4n) is 2.60. The molecule has 6 heteroatoms. The zero-order chi connectivity index (χ0) is 17.8. The van der Waals surface area contributed by atoms with Crippen LogP contribution < -0.4 is 10.3 Å². The van der Waals surface area contributed by atoms with Crippen molar-refractivity contribution in [1.29, 1.82) is 0 Å². The molecule has 1 N–H and O–H groups in total. The Balaban J connectivity index is 2.13. The van der Waals surface area contributed by atoms with Crippen molar-refractivity contribution in [2.75, 3.05) is 7.11 Å². The fraction of sp³-hybridized carbons (Fsp3) is 0.211. The van der Waals surface area contributed by atoms with Crippen molar-refractivity contribution in [3.63, 3.8) is 0 Å². The highest BCUT2D eigenvalue weighted by atomic mass is 16.5. The minimum atomic E-state index is -0.229. The maximum absolute atomic E-state index is 12.8. The van der Waals surface area contributed by atoms with Crippen molar-refractivity contribution in [2.45, 2.75) is 19.8 Å². The van der Waals surface area contributed by atoms with Gasteiger partial charge in [0.1, 0.15) is 5.82 Å². The molecule has 6 nitrogen and oxygen atoms in total. The van der Waals surface area contributed by atoms with Gasteiger partial charge in [0, 0.05) is 12.0 Å². The summed E-state index contributed by atoms with van der Waals surface area (Å²) in [4.78, 5) is 17.3. The quantitative estimate of drug-likeness (QED) is 0.726. The summed E-state index contributed by atoms with van der Waals surface area (Å²) in [5.74, 6) is 0.916. The molecule has 0 aliphatic heterocycles. The molecule has 2 aromatic carbocycles. The van der Waals surface area contributed by atoms with Crippen LogP contribution in [0.3, 0.4) is 0 Å². The number of aryl methyl sites for hydroxylation is 1. The average molecular weight is 337 g/mol. The molecule has 0 radical (unpaired) electrons. The number of para-hydroxylation sites is 2. The number of hydrogen-bond donors (Lipinski definition) is 1. The van der Waals surface area contributed by atoms with E-state index in [4.69, 9.17) is 4.74 Å². The number of aromatic nitrogens is 2. The van der Waals surface area contributed by atoms with Crippen LogP contribution in [0.5, 0.6) is 11.5 Å². The van der Waals surface area contributed by atoms with Crippen LogP contribution in [0, 0.1) is 0 Å². The number of methoxy groups -OCH3 is 1. The van der Waals surface area contributed by atoms with E-state index in [0.717, 1.165) is 6.42 Å². The molecule has 25 heavy (non-hydrogen) atoms. The Hall–Kier alpha value is -3.15. The molecule has 0 saturated heterocycles. The highest BCUT2D eigenvalue weighted by molar-refractivity contribution is 5.85. The summed E-state index contributed by atoms with van der Waals surface area (Å²) >= 11 is 0. The number of ether oxygens (including phenoxy) is 1. The number of fused-ring (bicyclic) bond motifs is 1. The average Bonchev–Trinajstić information content (AvgIpc) is 2.63. The van der Waals surface area contributed by atoms with Gasteiger partial charge in [-0.2, -0.15) is 9.78 Å². The van der Waals surface area contributed by atoms with Gasteiger partial charge >= 0.3 is 0 Å². The summed E-state index contributed by atoms with van der Waals surface area (Å²) < 4.78 is 6.39. The van der Waals surface area contributed by atoms with Gasteiger partial charge in [-0.05, 0) is 30.7 Å². The van der Waals surface area contributed by atoms with E-state index in [2.05, 4.69) is 10.1 Å². The Morgan fingerprint density at radius 2 is 2.04 bits per heavy atom. The summed E-state index contributed by atoms with van der Waals surface area (Å²) in [5, 5.41) is 15.0. The SMILES string of the molecule is CCCc1nc2ccccc2c(=O)n1N=Cc1cccc(OC)c1O. The number of rotatable bonds is 5. The molecule has 0 bridgehead atoms. The second kappa shape index (κ2) is 7.17. The van der Waals surface area contributed by atoms with Crippen LogP contribution in [-0.2, 0) is 6.42 Å². The molecule has 0 unspecified atom stereocenters. The van der Waals surface area contributed by atoms with Gasteiger partial charge in [-0.25, -0.2) is 4.98 Å². The first-order valence-electron chi connectivity index (χ1n) is 8.06. The smallest absolute Gasteiger partial charge is 0.282 e. The first-order valence-corrected chi connectivity index (χ1v) is 8.06. The molecule has 0 fully saturated rings. The third-order valence-corrected chi connectivity index (χ3v) is 3.86. The van der Waals surface area contributed by atoms with Gasteiger partial charge in [-0.15, -0.1) is 0 Å². The largest absolute Gasteiger partial charge is 0.504 e. The van der Waals surface area contributed by atoms with Gasteiger partial charge in [0.05, 0.1) is 24.2 Å². The normalized spacial score (nSPS) is 11.3. The van der Waals surface area contributed by atoms with Gasteiger partial charge in [0.25, 0.3) is 5.56 Å². The van der Waals surface area contributed by atoms with Crippen molar-refractivity contribution in [3.8, 4) is 11.5 Å². The Bertz CT molecular complexity index is 993. The number of phenols is 1. The van der Waals surface area contributed by atoms with Crippen LogP contribution in [0.1, 0.15) is 24.7 Å². The van der Waals surface area contributed by atoms with Crippen molar-refractivity contribution in [1.82, 2.24) is 9.66 Å². The lowest BCUT2D eigenvalue weighted by Crippen LogP contribution is -2.22. The minimum absolute atomic E-state index is 0.0208. The Morgan fingerprint density at radius 3 is 2.80 bits per heavy atom. The first kappa shape index (κ1) is 16.7. The lowest BCUT2D eigenvalue weighted by atomic mass is 10.2. The number of phenolic OH excluding ortho intramolecular Hbond substituents is 1. The molecule has 3 aromatic rings. The number of aromatic hydroxyl groups is 1. The molecule has 1 heterocycles. The highest BCUT2D eigenvalue weighted by Crippen LogP contribution is 2.28. The molecule has 0 aliphatic carbocycles. The van der Waals surface area contributed by atoms with E-state index in [1.165, 1.54) is 18.0 Å². The molecular weight excluding hydrogens is 318 g/mol. The van der Waals surface area contributed by atoms with E-state index < -0.39 is 0 Å². The van der Waals surface area contributed by atoms with E-state index in [1.807, 2.05) is 19.1 Å². The van der Waals surface area contributed by atoms with Crippen LogP contribution in [0.4, 0.5) is 0 Å². The summed E-state index contributed by atoms with van der Waals surface area (Å²) in [5.41, 5.74) is 0.890. The van der Waals surface area contributed by atoms with Crippen LogP contribution >= 0.6 is 0 Å². The molecule has 0 spiro atoms. The van der Waals surface area contributed by atoms with E-state index in [1.54, 1.807) is 30.3 Å². The standard InChI is InChI=1S/C19H19N3O3/c1-3-7-17-21-15-10-5-4-9-14(15)19(24)22(17)20-12-13-8-6-11-16(25-2)18(13)23/h4-6,8-12,23H,3,7H2,1-2H3. The molecule has 0 amide bonds. The molecule has 1 aromatic heterocycles. The molecule has 0 atom stereocenters. The number of nitrogens with zero attached hydrogens (tertiary/aromatic N) is 3. The van der Waals surface area contributed by atoms with Crippen molar-refractivity contribution in [2.24, 2.45) is 5.10 Å². The summed E-state index contributed by atoms with van der Waals surface area (Å²) in [7, 11) is 1.48. The molecule has 0 saturated carbocycles. The van der Waals surface area contributed by atoms with Crippen molar-refractivity contribution in [3.05, 3.63) is 64.2 Å². The van der Waals surface area contributed by atoms with Gasteiger partial charge in [0.15, 0.2) is 11.5 Å². The molecule has 128 valence electrons. The monoisotopic (exact) mass is 337 g/mol. The van der Waals surface area contributed by atoms with Crippen molar-refractivity contribution < 1.29 is 9.84 Å². The fourth-order valence-corrected chi connectivity index (χ4v) is 2.60. The van der Waals surface area contributed by atoms with Crippen molar-refractivity contribution >= 4 is 17.1 Å². The summed E-state index contributed by atoms with van der Waals surface area (Å²) in [6, 6.07) is 12.3. The third-order valence-electron chi connectivity index (χ3n) is 3.86. The molecule has 3 rings (SSSR count). The third kappa shape index (κ3) is 3.24. The van der Waals surface area contributed by atoms with Gasteiger partial charge in [-0.3, -0.25) is 4.79 Å². The molecule has 0 aliphatic rings. The highest BCUT2D eigenvalue weighted by Gasteiger charge is 2.10. The number of hydrogen-bond acceptors (Lipinski definition) is 5. The zero-order valence-corrected chi connectivity index (χ0v) is 14.1. The van der Waals surface area contributed by atoms with Crippen LogP contribution in [0.15, 0.2) is 52.4 Å². The maximum atomic E-state index is 12.8. The lowest BCUT2D eigenvalue weighted by Gasteiger charge is -2.09. The van der Waals surface area contributed by atoms with Crippen LogP contribution in [0.25, 0.3) is 10.9 Å². The second-order valence-corrected chi connectivity index (χ2v) is 5.55. The zero-order valence-electron chi connectivity index (χ0n) is 14.1. The molecular formula is C19H19N3O3. The first-order chi connectivity index (χ1) is 12.2. The maximum Gasteiger partial charge on any atom is 0.282 e. The van der Waals surface area contributed by atoms with E-state index in [9.17, 15) is 9.90 Å². The summed E-state index contributed by atoms with van der Waals surface area (Å²) in [6.45, 7) is 2.02. The topological polar surface area (TPSA) is 76.7 Å². The lowest BCUT2D eigenvalue weighted by molar-refractivity contribution is 0.373. The van der Waals surface area contributed by atoms with Crippen LogP contribution in [0.2, 0.25) is 0 Å². The summed E-state index contributed by atoms with van der Waals surface area (Å²) in [6.07, 6.45) is 2.90. The Morgan fingerprint density at radius 1 is 1.24 bits per heavy atom. The van der Waals surface area contributed by atoms with E-state index in [0.29, 0.717) is 34.5 Å². The predicted molar refractivity (Wildman–Crippen MR) is 97.6 cm³/mol. The Kier molecular flexibility index (Phi) is 4.79. The Labute approximate surface area is 145 Å². The van der Waals surface area contributed by atoms with E-state index >= 15 is 0 Å². The van der Waals surface area contributed by atoms with Crippen LogP contribution in [-0.4, -0.2) is 28.1 Å². The van der Waals surface area contributed by atoms with Gasteiger partial charge in [0.2, 0.25) is 0 Å². The number of benzene rings is 2. The second-order valence-electron chi connectivity index (χ2n) is 5.55. The predicted octanol–water partition coefficient (Wildman–Crippen LogP) is 2.95. The van der Waals surface area contributed by atoms with E-state index in [-0.39, 0.29) is 11.3 Å². The van der Waals surface area contributed by atoms with Gasteiger partial charge in [-0.1, -0.05) is 25.1 Å².